The lowest BCUT2D eigenvalue weighted by Gasteiger charge is -2.14. The first kappa shape index (κ1) is 17.5. The monoisotopic (exact) mass is 371 g/mol. The van der Waals surface area contributed by atoms with Crippen molar-refractivity contribution in [1.82, 2.24) is 25.3 Å². The summed E-state index contributed by atoms with van der Waals surface area (Å²) in [6.45, 7) is 1.76. The highest BCUT2D eigenvalue weighted by Gasteiger charge is 2.15. The Labute approximate surface area is 160 Å². The van der Waals surface area contributed by atoms with Crippen molar-refractivity contribution in [3.63, 3.8) is 0 Å². The summed E-state index contributed by atoms with van der Waals surface area (Å²) in [6, 6.07) is 15.9. The van der Waals surface area contributed by atoms with E-state index in [4.69, 9.17) is 0 Å². The molecule has 2 N–H and O–H groups in total. The number of carbonyl (C=O) groups is 1. The number of hydrogen-bond donors (Lipinski definition) is 2. The third kappa shape index (κ3) is 3.64. The van der Waals surface area contributed by atoms with E-state index >= 15 is 0 Å². The van der Waals surface area contributed by atoms with Gasteiger partial charge >= 0.3 is 0 Å². The SMILES string of the molecule is CC(NC(=O)c1ccc2ccccc2c1)c1nc(-c2ccncn2)cc(=O)[nH]1. The molecule has 4 aromatic rings. The predicted octanol–water partition coefficient (Wildman–Crippen LogP) is 2.87. The van der Waals surface area contributed by atoms with Gasteiger partial charge in [-0.05, 0) is 35.9 Å². The van der Waals surface area contributed by atoms with Crippen LogP contribution in [0.3, 0.4) is 0 Å². The van der Waals surface area contributed by atoms with E-state index in [9.17, 15) is 9.59 Å². The fourth-order valence-electron chi connectivity index (χ4n) is 2.93. The first-order valence-corrected chi connectivity index (χ1v) is 8.77. The van der Waals surface area contributed by atoms with E-state index in [-0.39, 0.29) is 11.5 Å². The van der Waals surface area contributed by atoms with Gasteiger partial charge in [0.1, 0.15) is 12.2 Å². The van der Waals surface area contributed by atoms with E-state index < -0.39 is 6.04 Å². The molecule has 0 aliphatic carbocycles. The van der Waals surface area contributed by atoms with E-state index in [1.807, 2.05) is 36.4 Å². The molecule has 0 aliphatic heterocycles. The van der Waals surface area contributed by atoms with E-state index in [2.05, 4.69) is 25.3 Å². The van der Waals surface area contributed by atoms with E-state index in [0.717, 1.165) is 10.8 Å². The van der Waals surface area contributed by atoms with E-state index in [1.54, 1.807) is 25.3 Å². The largest absolute Gasteiger partial charge is 0.342 e. The average Bonchev–Trinajstić information content (AvgIpc) is 2.73. The van der Waals surface area contributed by atoms with Gasteiger partial charge in [0.15, 0.2) is 0 Å². The van der Waals surface area contributed by atoms with Crippen LogP contribution in [0.15, 0.2) is 71.9 Å². The first-order valence-electron chi connectivity index (χ1n) is 8.77. The van der Waals surface area contributed by atoms with Gasteiger partial charge < -0.3 is 10.3 Å². The van der Waals surface area contributed by atoms with Crippen LogP contribution in [0.25, 0.3) is 22.2 Å². The quantitative estimate of drug-likeness (QED) is 0.574. The van der Waals surface area contributed by atoms with Gasteiger partial charge in [-0.1, -0.05) is 30.3 Å². The predicted molar refractivity (Wildman–Crippen MR) is 106 cm³/mol. The Morgan fingerprint density at radius 3 is 2.64 bits per heavy atom. The zero-order valence-electron chi connectivity index (χ0n) is 15.1. The highest BCUT2D eigenvalue weighted by Crippen LogP contribution is 2.17. The van der Waals surface area contributed by atoms with Crippen molar-refractivity contribution in [3.8, 4) is 11.4 Å². The van der Waals surface area contributed by atoms with Crippen LogP contribution in [0, 0.1) is 0 Å². The third-order valence-electron chi connectivity index (χ3n) is 4.37. The van der Waals surface area contributed by atoms with Crippen molar-refractivity contribution in [2.45, 2.75) is 13.0 Å². The molecule has 0 radical (unpaired) electrons. The van der Waals surface area contributed by atoms with Crippen LogP contribution < -0.4 is 10.9 Å². The Balaban J connectivity index is 1.59. The Bertz CT molecular complexity index is 1200. The number of nitrogens with one attached hydrogen (secondary N) is 2. The molecule has 0 saturated carbocycles. The molecule has 0 saturated heterocycles. The van der Waals surface area contributed by atoms with Gasteiger partial charge in [0.25, 0.3) is 11.5 Å². The molecular weight excluding hydrogens is 354 g/mol. The molecule has 7 heteroatoms. The lowest BCUT2D eigenvalue weighted by atomic mass is 10.1. The Morgan fingerprint density at radius 1 is 1.04 bits per heavy atom. The van der Waals surface area contributed by atoms with Gasteiger partial charge in [-0.2, -0.15) is 0 Å². The number of aromatic amines is 1. The summed E-state index contributed by atoms with van der Waals surface area (Å²) in [7, 11) is 0. The van der Waals surface area contributed by atoms with E-state index in [0.29, 0.717) is 22.8 Å². The summed E-state index contributed by atoms with van der Waals surface area (Å²) in [5.74, 6) is 0.114. The number of hydrogen-bond acceptors (Lipinski definition) is 5. The molecular formula is C21H17N5O2. The average molecular weight is 371 g/mol. The van der Waals surface area contributed by atoms with Crippen molar-refractivity contribution in [2.75, 3.05) is 0 Å². The van der Waals surface area contributed by atoms with Crippen LogP contribution in [-0.4, -0.2) is 25.8 Å². The number of aromatic nitrogens is 4. The highest BCUT2D eigenvalue weighted by atomic mass is 16.1. The van der Waals surface area contributed by atoms with Gasteiger partial charge in [0.2, 0.25) is 0 Å². The maximum absolute atomic E-state index is 12.7. The molecule has 1 amide bonds. The van der Waals surface area contributed by atoms with Crippen molar-refractivity contribution in [1.29, 1.82) is 0 Å². The topological polar surface area (TPSA) is 101 Å². The molecule has 2 aromatic heterocycles. The van der Waals surface area contributed by atoms with Crippen molar-refractivity contribution in [3.05, 3.63) is 88.9 Å². The molecule has 7 nitrogen and oxygen atoms in total. The zero-order chi connectivity index (χ0) is 19.5. The van der Waals surface area contributed by atoms with Gasteiger partial charge in [-0.25, -0.2) is 15.0 Å². The minimum absolute atomic E-state index is 0.242. The molecule has 0 bridgehead atoms. The van der Waals surface area contributed by atoms with Gasteiger partial charge in [0.05, 0.1) is 17.4 Å². The highest BCUT2D eigenvalue weighted by molar-refractivity contribution is 5.98. The number of amides is 1. The van der Waals surface area contributed by atoms with Crippen LogP contribution >= 0.6 is 0 Å². The van der Waals surface area contributed by atoms with Crippen LogP contribution in [0.2, 0.25) is 0 Å². The Kier molecular flexibility index (Phi) is 4.63. The lowest BCUT2D eigenvalue weighted by Crippen LogP contribution is -2.29. The number of H-pyrrole nitrogens is 1. The van der Waals surface area contributed by atoms with E-state index in [1.165, 1.54) is 12.4 Å². The Morgan fingerprint density at radius 2 is 1.86 bits per heavy atom. The molecule has 28 heavy (non-hydrogen) atoms. The lowest BCUT2D eigenvalue weighted by molar-refractivity contribution is 0.0938. The maximum atomic E-state index is 12.7. The second-order valence-electron chi connectivity index (χ2n) is 6.37. The molecule has 138 valence electrons. The van der Waals surface area contributed by atoms with Gasteiger partial charge in [-0.3, -0.25) is 9.59 Å². The molecule has 4 rings (SSSR count). The molecule has 1 atom stereocenters. The smallest absolute Gasteiger partial charge is 0.251 e. The standard InChI is InChI=1S/C21H17N5O2/c1-13(20-25-18(11-19(27)26-20)17-8-9-22-12-23-17)24-21(28)16-7-6-14-4-2-3-5-15(14)10-16/h2-13H,1H3,(H,24,28)(H,25,26,27). The molecule has 2 aromatic carbocycles. The fraction of sp³-hybridized carbons (Fsp3) is 0.0952. The van der Waals surface area contributed by atoms with Crippen LogP contribution in [0.5, 0.6) is 0 Å². The zero-order valence-corrected chi connectivity index (χ0v) is 15.1. The third-order valence-corrected chi connectivity index (χ3v) is 4.37. The fourth-order valence-corrected chi connectivity index (χ4v) is 2.93. The van der Waals surface area contributed by atoms with Crippen LogP contribution in [-0.2, 0) is 0 Å². The summed E-state index contributed by atoms with van der Waals surface area (Å²) < 4.78 is 0. The second-order valence-corrected chi connectivity index (χ2v) is 6.37. The van der Waals surface area contributed by atoms with Gasteiger partial charge in [-0.15, -0.1) is 0 Å². The van der Waals surface area contributed by atoms with Crippen LogP contribution in [0.1, 0.15) is 29.1 Å². The number of benzene rings is 2. The molecule has 0 fully saturated rings. The Hall–Kier alpha value is -3.87. The van der Waals surface area contributed by atoms with Crippen molar-refractivity contribution < 1.29 is 4.79 Å². The number of fused-ring (bicyclic) bond motifs is 1. The summed E-state index contributed by atoms with van der Waals surface area (Å²) >= 11 is 0. The minimum Gasteiger partial charge on any atom is -0.342 e. The summed E-state index contributed by atoms with van der Waals surface area (Å²) in [5.41, 5.74) is 1.19. The van der Waals surface area contributed by atoms with Crippen LogP contribution in [0.4, 0.5) is 0 Å². The summed E-state index contributed by atoms with van der Waals surface area (Å²) in [4.78, 5) is 39.8. The van der Waals surface area contributed by atoms with Crippen molar-refractivity contribution >= 4 is 16.7 Å². The summed E-state index contributed by atoms with van der Waals surface area (Å²) in [5, 5.41) is 4.93. The molecule has 2 heterocycles. The normalized spacial score (nSPS) is 11.9. The molecule has 1 unspecified atom stereocenters. The van der Waals surface area contributed by atoms with Gasteiger partial charge in [0, 0.05) is 17.8 Å². The maximum Gasteiger partial charge on any atom is 0.251 e. The molecule has 0 aliphatic rings. The first-order chi connectivity index (χ1) is 13.6. The minimum atomic E-state index is -0.492. The summed E-state index contributed by atoms with van der Waals surface area (Å²) in [6.07, 6.45) is 2.97. The second kappa shape index (κ2) is 7.40. The molecule has 0 spiro atoms. The number of carbonyl (C=O) groups excluding carboxylic acids is 1. The number of nitrogens with zero attached hydrogens (tertiary/aromatic N) is 3. The van der Waals surface area contributed by atoms with Crippen molar-refractivity contribution in [2.24, 2.45) is 0 Å². The number of rotatable bonds is 4.